The van der Waals surface area contributed by atoms with E-state index in [4.69, 9.17) is 5.11 Å². The number of pyridine rings is 1. The van der Waals surface area contributed by atoms with E-state index in [9.17, 15) is 18.0 Å². The molecule has 0 spiro atoms. The van der Waals surface area contributed by atoms with E-state index in [-0.39, 0.29) is 48.7 Å². The number of alkyl halides is 2. The van der Waals surface area contributed by atoms with Gasteiger partial charge in [0.05, 0.1) is 23.8 Å². The zero-order chi connectivity index (χ0) is 16.6. The highest BCUT2D eigenvalue weighted by Gasteiger charge is 2.36. The van der Waals surface area contributed by atoms with Crippen molar-refractivity contribution in [3.05, 3.63) is 35.7 Å². The number of carboxylic acid groups (broad SMARTS) is 1. The minimum absolute atomic E-state index is 0.155. The van der Waals surface area contributed by atoms with Gasteiger partial charge < -0.3 is 5.11 Å². The molecule has 0 bridgehead atoms. The standard InChI is InChI=1S/C14H13F3N4O2/c15-10-5-9(21-7-11(13(22)23)19-20-21)6-18-12(10)8-1-3-14(16,17)4-2-8/h5-8H,1-4H2,(H,22,23). The van der Waals surface area contributed by atoms with Crippen LogP contribution >= 0.6 is 0 Å². The molecule has 0 atom stereocenters. The first-order valence-electron chi connectivity index (χ1n) is 7.05. The second kappa shape index (κ2) is 5.64. The van der Waals surface area contributed by atoms with E-state index in [2.05, 4.69) is 15.3 Å². The summed E-state index contributed by atoms with van der Waals surface area (Å²) in [7, 11) is 0. The molecule has 0 aromatic carbocycles. The Morgan fingerprint density at radius 3 is 2.61 bits per heavy atom. The summed E-state index contributed by atoms with van der Waals surface area (Å²) in [6.45, 7) is 0. The summed E-state index contributed by atoms with van der Waals surface area (Å²) in [6.07, 6.45) is 2.29. The van der Waals surface area contributed by atoms with Gasteiger partial charge in [-0.2, -0.15) is 0 Å². The quantitative estimate of drug-likeness (QED) is 0.938. The average Bonchev–Trinajstić information content (AvgIpc) is 2.98. The van der Waals surface area contributed by atoms with E-state index in [1.54, 1.807) is 0 Å². The molecule has 0 saturated heterocycles. The molecule has 1 fully saturated rings. The lowest BCUT2D eigenvalue weighted by molar-refractivity contribution is -0.0387. The zero-order valence-corrected chi connectivity index (χ0v) is 11.9. The summed E-state index contributed by atoms with van der Waals surface area (Å²) in [6, 6.07) is 1.15. The fourth-order valence-corrected chi connectivity index (χ4v) is 2.67. The second-order valence-corrected chi connectivity index (χ2v) is 5.54. The first kappa shape index (κ1) is 15.4. The lowest BCUT2D eigenvalue weighted by atomic mass is 9.84. The molecule has 1 N–H and O–H groups in total. The maximum atomic E-state index is 14.3. The molecule has 122 valence electrons. The SMILES string of the molecule is O=C(O)c1cn(-c2cnc(C3CCC(F)(F)CC3)c(F)c2)nn1. The molecular formula is C14H13F3N4O2. The van der Waals surface area contributed by atoms with Crippen LogP contribution in [0.15, 0.2) is 18.5 Å². The summed E-state index contributed by atoms with van der Waals surface area (Å²) in [5.74, 6) is -4.88. The monoisotopic (exact) mass is 326 g/mol. The van der Waals surface area contributed by atoms with Crippen molar-refractivity contribution in [2.45, 2.75) is 37.5 Å². The van der Waals surface area contributed by atoms with Crippen LogP contribution in [0.5, 0.6) is 0 Å². The number of halogens is 3. The normalized spacial score (nSPS) is 18.0. The molecule has 1 aliphatic rings. The molecule has 0 amide bonds. The summed E-state index contributed by atoms with van der Waals surface area (Å²) >= 11 is 0. The second-order valence-electron chi connectivity index (χ2n) is 5.54. The summed E-state index contributed by atoms with van der Waals surface area (Å²) < 4.78 is 41.7. The molecule has 0 aliphatic heterocycles. The summed E-state index contributed by atoms with van der Waals surface area (Å²) in [5, 5.41) is 15.8. The molecule has 2 aromatic rings. The molecule has 2 heterocycles. The maximum Gasteiger partial charge on any atom is 0.358 e. The van der Waals surface area contributed by atoms with Gasteiger partial charge in [-0.1, -0.05) is 5.21 Å². The van der Waals surface area contributed by atoms with Gasteiger partial charge in [0, 0.05) is 24.8 Å². The van der Waals surface area contributed by atoms with Crippen molar-refractivity contribution in [1.82, 2.24) is 20.0 Å². The molecule has 1 aliphatic carbocycles. The van der Waals surface area contributed by atoms with Crippen molar-refractivity contribution in [3.8, 4) is 5.69 Å². The van der Waals surface area contributed by atoms with Crippen LogP contribution in [0.3, 0.4) is 0 Å². The van der Waals surface area contributed by atoms with Gasteiger partial charge in [0.25, 0.3) is 0 Å². The number of hydrogen-bond donors (Lipinski definition) is 1. The van der Waals surface area contributed by atoms with Crippen molar-refractivity contribution >= 4 is 5.97 Å². The molecule has 6 nitrogen and oxygen atoms in total. The third kappa shape index (κ3) is 3.17. The average molecular weight is 326 g/mol. The van der Waals surface area contributed by atoms with Gasteiger partial charge in [0.2, 0.25) is 5.92 Å². The molecule has 0 unspecified atom stereocenters. The van der Waals surface area contributed by atoms with E-state index in [0.717, 1.165) is 16.9 Å². The Hall–Kier alpha value is -2.45. The molecule has 23 heavy (non-hydrogen) atoms. The maximum absolute atomic E-state index is 14.3. The van der Waals surface area contributed by atoms with Gasteiger partial charge in [0.1, 0.15) is 5.82 Å². The van der Waals surface area contributed by atoms with Gasteiger partial charge >= 0.3 is 5.97 Å². The Morgan fingerprint density at radius 2 is 2.04 bits per heavy atom. The van der Waals surface area contributed by atoms with Crippen molar-refractivity contribution in [2.24, 2.45) is 0 Å². The number of nitrogens with zero attached hydrogens (tertiary/aromatic N) is 4. The van der Waals surface area contributed by atoms with Gasteiger partial charge in [-0.05, 0) is 12.8 Å². The predicted molar refractivity (Wildman–Crippen MR) is 72.2 cm³/mol. The highest BCUT2D eigenvalue weighted by atomic mass is 19.3. The van der Waals surface area contributed by atoms with E-state index < -0.39 is 17.7 Å². The van der Waals surface area contributed by atoms with Gasteiger partial charge in [-0.25, -0.2) is 22.6 Å². The van der Waals surface area contributed by atoms with Crippen LogP contribution < -0.4 is 0 Å². The van der Waals surface area contributed by atoms with Crippen LogP contribution in [0.1, 0.15) is 47.8 Å². The van der Waals surface area contributed by atoms with Crippen molar-refractivity contribution in [1.29, 1.82) is 0 Å². The lowest BCUT2D eigenvalue weighted by Crippen LogP contribution is -2.24. The minimum Gasteiger partial charge on any atom is -0.476 e. The smallest absolute Gasteiger partial charge is 0.358 e. The Morgan fingerprint density at radius 1 is 1.35 bits per heavy atom. The van der Waals surface area contributed by atoms with Crippen molar-refractivity contribution in [2.75, 3.05) is 0 Å². The van der Waals surface area contributed by atoms with Gasteiger partial charge in [-0.15, -0.1) is 5.10 Å². The van der Waals surface area contributed by atoms with Crippen LogP contribution in [0.2, 0.25) is 0 Å². The number of aromatic carboxylic acids is 1. The van der Waals surface area contributed by atoms with Crippen LogP contribution in [-0.4, -0.2) is 37.0 Å². The van der Waals surface area contributed by atoms with Crippen molar-refractivity contribution < 1.29 is 23.1 Å². The Balaban J connectivity index is 1.82. The van der Waals surface area contributed by atoms with Gasteiger partial charge in [0.15, 0.2) is 5.69 Å². The first-order chi connectivity index (χ1) is 10.9. The molecule has 2 aromatic heterocycles. The summed E-state index contributed by atoms with van der Waals surface area (Å²) in [4.78, 5) is 14.8. The number of aromatic nitrogens is 4. The lowest BCUT2D eigenvalue weighted by Gasteiger charge is -2.28. The largest absolute Gasteiger partial charge is 0.476 e. The predicted octanol–water partition coefficient (Wildman–Crippen LogP) is 2.79. The first-order valence-corrected chi connectivity index (χ1v) is 7.05. The Bertz CT molecular complexity index is 737. The Labute approximate surface area is 129 Å². The fraction of sp³-hybridized carbons (Fsp3) is 0.429. The van der Waals surface area contributed by atoms with Crippen LogP contribution in [-0.2, 0) is 0 Å². The minimum atomic E-state index is -2.68. The highest BCUT2D eigenvalue weighted by Crippen LogP contribution is 2.40. The number of carbonyl (C=O) groups is 1. The molecule has 9 heteroatoms. The highest BCUT2D eigenvalue weighted by molar-refractivity contribution is 5.84. The van der Waals surface area contributed by atoms with E-state index in [1.165, 1.54) is 6.20 Å². The molecule has 0 radical (unpaired) electrons. The Kier molecular flexibility index (Phi) is 3.78. The van der Waals surface area contributed by atoms with Crippen LogP contribution in [0, 0.1) is 5.82 Å². The van der Waals surface area contributed by atoms with Crippen molar-refractivity contribution in [3.63, 3.8) is 0 Å². The summed E-state index contributed by atoms with van der Waals surface area (Å²) in [5.41, 5.74) is 0.0965. The number of rotatable bonds is 3. The van der Waals surface area contributed by atoms with Crippen LogP contribution in [0.4, 0.5) is 13.2 Å². The van der Waals surface area contributed by atoms with E-state index >= 15 is 0 Å². The molecule has 1 saturated carbocycles. The van der Waals surface area contributed by atoms with E-state index in [0.29, 0.717) is 0 Å². The molecule has 3 rings (SSSR count). The third-order valence-corrected chi connectivity index (χ3v) is 3.94. The zero-order valence-electron chi connectivity index (χ0n) is 11.9. The van der Waals surface area contributed by atoms with E-state index in [1.807, 2.05) is 0 Å². The van der Waals surface area contributed by atoms with Crippen LogP contribution in [0.25, 0.3) is 5.69 Å². The topological polar surface area (TPSA) is 80.9 Å². The number of carboxylic acids is 1. The fourth-order valence-electron chi connectivity index (χ4n) is 2.67. The van der Waals surface area contributed by atoms with Gasteiger partial charge in [-0.3, -0.25) is 4.98 Å². The number of hydrogen-bond acceptors (Lipinski definition) is 4. The molecular weight excluding hydrogens is 313 g/mol. The third-order valence-electron chi connectivity index (χ3n) is 3.94.